The molecule has 1 aromatic heterocycles. The van der Waals surface area contributed by atoms with Crippen molar-refractivity contribution in [2.75, 3.05) is 16.9 Å². The van der Waals surface area contributed by atoms with Gasteiger partial charge in [-0.15, -0.1) is 0 Å². The van der Waals surface area contributed by atoms with Crippen molar-refractivity contribution < 1.29 is 8.78 Å². The van der Waals surface area contributed by atoms with Gasteiger partial charge in [-0.2, -0.15) is 0 Å². The molecule has 0 fully saturated rings. The number of nitrogens with one attached hydrogen (secondary N) is 1. The number of aromatic nitrogens is 1. The lowest BCUT2D eigenvalue weighted by Gasteiger charge is -2.28. The number of nitrogens with zero attached hydrogens (tertiary/aromatic N) is 2. The second-order valence-corrected chi connectivity index (χ2v) is 3.81. The zero-order valence-corrected chi connectivity index (χ0v) is 10.3. The lowest BCUT2D eigenvalue weighted by atomic mass is 10.2. The Hall–Kier alpha value is -1.43. The minimum Gasteiger partial charge on any atom is -0.352 e. The number of hydrazine groups is 1. The van der Waals surface area contributed by atoms with E-state index in [0.717, 1.165) is 12.5 Å². The van der Waals surface area contributed by atoms with E-state index in [0.29, 0.717) is 6.54 Å². The van der Waals surface area contributed by atoms with Crippen molar-refractivity contribution in [2.45, 2.75) is 33.2 Å². The molecular weight excluding hydrogens is 226 g/mol. The van der Waals surface area contributed by atoms with E-state index in [9.17, 15) is 8.78 Å². The van der Waals surface area contributed by atoms with Crippen LogP contribution in [-0.4, -0.2) is 17.6 Å². The van der Waals surface area contributed by atoms with E-state index in [2.05, 4.69) is 10.4 Å². The van der Waals surface area contributed by atoms with Gasteiger partial charge < -0.3 is 10.3 Å². The summed E-state index contributed by atoms with van der Waals surface area (Å²) in [6.07, 6.45) is 0.845. The molecule has 3 N–H and O–H groups in total. The van der Waals surface area contributed by atoms with Gasteiger partial charge in [0.25, 0.3) is 0 Å². The quantitative estimate of drug-likeness (QED) is 0.616. The molecule has 0 spiro atoms. The average Bonchev–Trinajstić information content (AvgIpc) is 2.32. The molecular formula is C11H18F2N4. The maximum Gasteiger partial charge on any atom is 0.178 e. The Morgan fingerprint density at radius 3 is 2.53 bits per heavy atom. The highest BCUT2D eigenvalue weighted by molar-refractivity contribution is 5.49. The summed E-state index contributed by atoms with van der Waals surface area (Å²) in [6.45, 7) is 6.45. The lowest BCUT2D eigenvalue weighted by molar-refractivity contribution is 0.551. The molecule has 0 saturated carbocycles. The summed E-state index contributed by atoms with van der Waals surface area (Å²) in [6, 6.07) is 0.917. The number of nitrogen functional groups attached to an aromatic ring is 1. The van der Waals surface area contributed by atoms with Crippen molar-refractivity contribution in [3.05, 3.63) is 17.7 Å². The number of nitrogens with two attached hydrogens (primary N) is 1. The Morgan fingerprint density at radius 1 is 1.41 bits per heavy atom. The fourth-order valence-electron chi connectivity index (χ4n) is 1.65. The molecule has 0 aliphatic heterocycles. The van der Waals surface area contributed by atoms with Gasteiger partial charge in [0.2, 0.25) is 0 Å². The molecule has 4 nitrogen and oxygen atoms in total. The first-order valence-corrected chi connectivity index (χ1v) is 5.64. The first-order chi connectivity index (χ1) is 8.04. The largest absolute Gasteiger partial charge is 0.352 e. The Morgan fingerprint density at radius 2 is 2.06 bits per heavy atom. The Kier molecular flexibility index (Phi) is 4.62. The van der Waals surface area contributed by atoms with Crippen LogP contribution in [0.5, 0.6) is 0 Å². The summed E-state index contributed by atoms with van der Waals surface area (Å²) in [5, 5.41) is 0. The maximum atomic E-state index is 13.7. The van der Waals surface area contributed by atoms with Crippen LogP contribution in [0.4, 0.5) is 20.4 Å². The number of hydrogen-bond donors (Lipinski definition) is 2. The first kappa shape index (κ1) is 13.6. The highest BCUT2D eigenvalue weighted by Gasteiger charge is 2.19. The second-order valence-electron chi connectivity index (χ2n) is 3.81. The fraction of sp³-hybridized carbons (Fsp3) is 0.545. The van der Waals surface area contributed by atoms with Crippen molar-refractivity contribution in [3.63, 3.8) is 0 Å². The van der Waals surface area contributed by atoms with Crippen molar-refractivity contribution in [3.8, 4) is 0 Å². The molecule has 0 aliphatic rings. The van der Waals surface area contributed by atoms with Crippen molar-refractivity contribution in [1.29, 1.82) is 0 Å². The van der Waals surface area contributed by atoms with Crippen molar-refractivity contribution in [2.24, 2.45) is 5.84 Å². The second kappa shape index (κ2) is 5.77. The molecule has 17 heavy (non-hydrogen) atoms. The fourth-order valence-corrected chi connectivity index (χ4v) is 1.65. The van der Waals surface area contributed by atoms with Gasteiger partial charge >= 0.3 is 0 Å². The minimum atomic E-state index is -0.797. The Balaban J connectivity index is 3.19. The molecule has 0 aliphatic carbocycles. The lowest BCUT2D eigenvalue weighted by Crippen LogP contribution is -2.34. The van der Waals surface area contributed by atoms with Gasteiger partial charge in [-0.05, 0) is 20.3 Å². The van der Waals surface area contributed by atoms with Crippen LogP contribution in [0, 0.1) is 11.6 Å². The van der Waals surface area contributed by atoms with Gasteiger partial charge in [-0.1, -0.05) is 6.92 Å². The zero-order valence-electron chi connectivity index (χ0n) is 10.3. The van der Waals surface area contributed by atoms with Gasteiger partial charge in [0, 0.05) is 18.7 Å². The summed E-state index contributed by atoms with van der Waals surface area (Å²) in [4.78, 5) is 5.64. The highest BCUT2D eigenvalue weighted by atomic mass is 19.1. The van der Waals surface area contributed by atoms with E-state index >= 15 is 0 Å². The molecule has 0 radical (unpaired) electrons. The van der Waals surface area contributed by atoms with Crippen LogP contribution in [0.15, 0.2) is 6.07 Å². The van der Waals surface area contributed by atoms with Crippen LogP contribution in [0.1, 0.15) is 27.2 Å². The third-order valence-electron chi connectivity index (χ3n) is 2.78. The number of hydrogen-bond acceptors (Lipinski definition) is 4. The Labute approximate surface area is 99.8 Å². The van der Waals surface area contributed by atoms with Gasteiger partial charge in [0.05, 0.1) is 0 Å². The van der Waals surface area contributed by atoms with Crippen LogP contribution in [-0.2, 0) is 0 Å². The summed E-state index contributed by atoms with van der Waals surface area (Å²) in [5.41, 5.74) is 2.12. The summed E-state index contributed by atoms with van der Waals surface area (Å²) in [7, 11) is 0. The van der Waals surface area contributed by atoms with E-state index in [4.69, 9.17) is 5.84 Å². The molecule has 0 saturated heterocycles. The molecule has 6 heteroatoms. The molecule has 0 aromatic carbocycles. The van der Waals surface area contributed by atoms with Crippen LogP contribution >= 0.6 is 0 Å². The number of pyridine rings is 1. The highest BCUT2D eigenvalue weighted by Crippen LogP contribution is 2.24. The topological polar surface area (TPSA) is 54.2 Å². The monoisotopic (exact) mass is 244 g/mol. The van der Waals surface area contributed by atoms with Gasteiger partial charge in [-0.3, -0.25) is 0 Å². The van der Waals surface area contributed by atoms with Crippen LogP contribution in [0.25, 0.3) is 0 Å². The number of rotatable bonds is 5. The summed E-state index contributed by atoms with van der Waals surface area (Å²) >= 11 is 0. The molecule has 1 unspecified atom stereocenters. The number of anilines is 2. The van der Waals surface area contributed by atoms with E-state index in [1.807, 2.05) is 20.8 Å². The van der Waals surface area contributed by atoms with Crippen LogP contribution in [0.3, 0.4) is 0 Å². The molecule has 1 heterocycles. The molecule has 96 valence electrons. The zero-order chi connectivity index (χ0) is 13.0. The average molecular weight is 244 g/mol. The summed E-state index contributed by atoms with van der Waals surface area (Å²) < 4.78 is 26.9. The first-order valence-electron chi connectivity index (χ1n) is 5.64. The third kappa shape index (κ3) is 2.82. The predicted molar refractivity (Wildman–Crippen MR) is 64.7 cm³/mol. The SMILES string of the molecule is CCC(C)N(CC)c1nc(NN)c(F)cc1F. The van der Waals surface area contributed by atoms with E-state index in [-0.39, 0.29) is 17.7 Å². The molecule has 1 atom stereocenters. The summed E-state index contributed by atoms with van der Waals surface area (Å²) in [5.74, 6) is 3.62. The smallest absolute Gasteiger partial charge is 0.178 e. The predicted octanol–water partition coefficient (Wildman–Crippen LogP) is 2.27. The molecule has 0 bridgehead atoms. The van der Waals surface area contributed by atoms with Crippen molar-refractivity contribution >= 4 is 11.6 Å². The van der Waals surface area contributed by atoms with Crippen LogP contribution in [0.2, 0.25) is 0 Å². The molecule has 1 aromatic rings. The van der Waals surface area contributed by atoms with Crippen molar-refractivity contribution in [1.82, 2.24) is 4.98 Å². The van der Waals surface area contributed by atoms with E-state index < -0.39 is 11.6 Å². The standard InChI is InChI=1S/C11H18F2N4/c1-4-7(3)17(5-2)11-9(13)6-8(12)10(15-11)16-14/h6-7H,4-5,14H2,1-3H3,(H,15,16). The van der Waals surface area contributed by atoms with Gasteiger partial charge in [-0.25, -0.2) is 19.6 Å². The van der Waals surface area contributed by atoms with Crippen LogP contribution < -0.4 is 16.2 Å². The molecule has 0 amide bonds. The maximum absolute atomic E-state index is 13.7. The minimum absolute atomic E-state index is 0.121. The van der Waals surface area contributed by atoms with E-state index in [1.165, 1.54) is 0 Å². The van der Waals surface area contributed by atoms with Gasteiger partial charge in [0.1, 0.15) is 0 Å². The normalized spacial score (nSPS) is 12.4. The van der Waals surface area contributed by atoms with Gasteiger partial charge in [0.15, 0.2) is 23.3 Å². The number of halogens is 2. The van der Waals surface area contributed by atoms with E-state index in [1.54, 1.807) is 4.90 Å². The third-order valence-corrected chi connectivity index (χ3v) is 2.78. The molecule has 1 rings (SSSR count). The Bertz CT molecular complexity index is 384.